The highest BCUT2D eigenvalue weighted by Crippen LogP contribution is 2.39. The highest BCUT2D eigenvalue weighted by atomic mass is 79.9. The minimum Gasteiger partial charge on any atom is -0.480 e. The molecule has 0 radical (unpaired) electrons. The normalized spacial score (nSPS) is 21.6. The fourth-order valence-electron chi connectivity index (χ4n) is 1.64. The third-order valence-electron chi connectivity index (χ3n) is 2.57. The van der Waals surface area contributed by atoms with Crippen LogP contribution in [0.3, 0.4) is 0 Å². The Balaban J connectivity index is 2.50. The Morgan fingerprint density at radius 2 is 2.25 bits per heavy atom. The Morgan fingerprint density at radius 3 is 2.88 bits per heavy atom. The summed E-state index contributed by atoms with van der Waals surface area (Å²) in [6.45, 7) is 3.48. The van der Waals surface area contributed by atoms with Crippen molar-refractivity contribution >= 4 is 27.9 Å². The molecule has 0 aliphatic carbocycles. The van der Waals surface area contributed by atoms with E-state index in [0.717, 1.165) is 6.29 Å². The second-order valence-corrected chi connectivity index (χ2v) is 5.14. The molecule has 0 bridgehead atoms. The quantitative estimate of drug-likeness (QED) is 0.807. The molecule has 3 nitrogen and oxygen atoms in total. The summed E-state index contributed by atoms with van der Waals surface area (Å²) in [6, 6.07) is 2.52. The van der Waals surface area contributed by atoms with Gasteiger partial charge in [0.1, 0.15) is 17.9 Å². The van der Waals surface area contributed by atoms with Crippen molar-refractivity contribution in [3.63, 3.8) is 0 Å². The Bertz CT molecular complexity index is 448. The zero-order chi connectivity index (χ0) is 11.9. The molecular weight excluding hydrogens is 277 g/mol. The summed E-state index contributed by atoms with van der Waals surface area (Å²) in [5, 5.41) is 2.96. The summed E-state index contributed by atoms with van der Waals surface area (Å²) in [6.07, 6.45) is 0.766. The molecule has 1 aromatic rings. The van der Waals surface area contributed by atoms with Gasteiger partial charge in [-0.25, -0.2) is 4.39 Å². The molecule has 86 valence electrons. The molecule has 1 heterocycles. The molecule has 1 unspecified atom stereocenters. The molecule has 1 aliphatic rings. The number of carbonyl (C=O) groups excluding carboxylic acids is 1. The van der Waals surface area contributed by atoms with Gasteiger partial charge in [0.2, 0.25) is 0 Å². The van der Waals surface area contributed by atoms with Gasteiger partial charge >= 0.3 is 0 Å². The number of anilines is 1. The topological polar surface area (TPSA) is 38.3 Å². The van der Waals surface area contributed by atoms with Gasteiger partial charge in [0, 0.05) is 4.47 Å². The highest BCUT2D eigenvalue weighted by Gasteiger charge is 2.37. The van der Waals surface area contributed by atoms with E-state index >= 15 is 0 Å². The van der Waals surface area contributed by atoms with Crippen LogP contribution in [0.2, 0.25) is 0 Å². The van der Waals surface area contributed by atoms with Crippen LogP contribution in [0.15, 0.2) is 16.6 Å². The van der Waals surface area contributed by atoms with Gasteiger partial charge in [0.25, 0.3) is 0 Å². The number of ether oxygens (including phenoxy) is 1. The Hall–Kier alpha value is -1.10. The van der Waals surface area contributed by atoms with E-state index in [1.807, 2.05) is 0 Å². The van der Waals surface area contributed by atoms with Gasteiger partial charge in [0.05, 0.1) is 5.69 Å². The largest absolute Gasteiger partial charge is 0.480 e. The van der Waals surface area contributed by atoms with Crippen LogP contribution in [0.1, 0.15) is 13.8 Å². The first-order valence-corrected chi connectivity index (χ1v) is 5.63. The molecule has 0 spiro atoms. The van der Waals surface area contributed by atoms with Gasteiger partial charge in [-0.2, -0.15) is 0 Å². The van der Waals surface area contributed by atoms with E-state index in [1.54, 1.807) is 19.9 Å². The summed E-state index contributed by atoms with van der Waals surface area (Å²) in [7, 11) is 0. The molecule has 1 aromatic carbocycles. The Morgan fingerprint density at radius 1 is 1.56 bits per heavy atom. The van der Waals surface area contributed by atoms with Crippen molar-refractivity contribution in [2.24, 2.45) is 0 Å². The van der Waals surface area contributed by atoms with E-state index < -0.39 is 17.5 Å². The average molecular weight is 288 g/mol. The minimum absolute atomic E-state index is 0.159. The number of carbonyl (C=O) groups is 1. The van der Waals surface area contributed by atoms with Crippen molar-refractivity contribution in [2.75, 3.05) is 5.32 Å². The monoisotopic (exact) mass is 287 g/mol. The molecule has 1 N–H and O–H groups in total. The smallest absolute Gasteiger partial charge is 0.179 e. The van der Waals surface area contributed by atoms with Crippen molar-refractivity contribution in [1.82, 2.24) is 0 Å². The Kier molecular flexibility index (Phi) is 2.66. The van der Waals surface area contributed by atoms with E-state index in [1.165, 1.54) is 6.07 Å². The maximum absolute atomic E-state index is 13.6. The lowest BCUT2D eigenvalue weighted by Gasteiger charge is -2.38. The van der Waals surface area contributed by atoms with Crippen LogP contribution >= 0.6 is 15.9 Å². The first-order valence-electron chi connectivity index (χ1n) is 4.84. The lowest BCUT2D eigenvalue weighted by Crippen LogP contribution is -2.50. The predicted octanol–water partition coefficient (Wildman–Crippen LogP) is 2.74. The number of fused-ring (bicyclic) bond motifs is 1. The van der Waals surface area contributed by atoms with Crippen molar-refractivity contribution in [3.05, 3.63) is 22.4 Å². The van der Waals surface area contributed by atoms with Crippen LogP contribution < -0.4 is 10.1 Å². The molecule has 0 saturated carbocycles. The second kappa shape index (κ2) is 3.73. The van der Waals surface area contributed by atoms with E-state index in [9.17, 15) is 9.18 Å². The number of hydrogen-bond acceptors (Lipinski definition) is 3. The molecule has 0 fully saturated rings. The molecule has 16 heavy (non-hydrogen) atoms. The molecular formula is C11H11BrFNO2. The van der Waals surface area contributed by atoms with Crippen LogP contribution in [0.25, 0.3) is 0 Å². The van der Waals surface area contributed by atoms with Crippen LogP contribution in [0.5, 0.6) is 5.75 Å². The summed E-state index contributed by atoms with van der Waals surface area (Å²) in [5.41, 5.74) is -0.271. The van der Waals surface area contributed by atoms with Gasteiger partial charge in [-0.3, -0.25) is 0 Å². The third kappa shape index (κ3) is 1.80. The first kappa shape index (κ1) is 11.4. The van der Waals surface area contributed by atoms with Crippen LogP contribution in [0.4, 0.5) is 10.1 Å². The number of benzene rings is 1. The maximum Gasteiger partial charge on any atom is 0.179 e. The maximum atomic E-state index is 13.6. The molecule has 2 rings (SSSR count). The highest BCUT2D eigenvalue weighted by molar-refractivity contribution is 9.10. The summed E-state index contributed by atoms with van der Waals surface area (Å²) < 4.78 is 19.7. The van der Waals surface area contributed by atoms with E-state index in [0.29, 0.717) is 10.2 Å². The van der Waals surface area contributed by atoms with Crippen LogP contribution in [-0.2, 0) is 4.79 Å². The molecule has 0 aromatic heterocycles. The van der Waals surface area contributed by atoms with Crippen molar-refractivity contribution in [3.8, 4) is 5.75 Å². The van der Waals surface area contributed by atoms with Gasteiger partial charge in [-0.05, 0) is 26.0 Å². The van der Waals surface area contributed by atoms with Crippen molar-refractivity contribution in [1.29, 1.82) is 0 Å². The number of aldehydes is 1. The van der Waals surface area contributed by atoms with E-state index in [2.05, 4.69) is 21.2 Å². The van der Waals surface area contributed by atoms with E-state index in [-0.39, 0.29) is 5.75 Å². The summed E-state index contributed by atoms with van der Waals surface area (Å²) in [4.78, 5) is 10.9. The standard InChI is InChI=1S/C11H11BrFNO2/c1-11(2)9(5-15)14-8-4-6(12)3-7(13)10(8)16-11/h3-5,9,14H,1-2H3. The van der Waals surface area contributed by atoms with Crippen LogP contribution in [-0.4, -0.2) is 17.9 Å². The third-order valence-corrected chi connectivity index (χ3v) is 3.03. The number of hydrogen-bond donors (Lipinski definition) is 1. The van der Waals surface area contributed by atoms with Gasteiger partial charge in [-0.15, -0.1) is 0 Å². The molecule has 5 heteroatoms. The van der Waals surface area contributed by atoms with Gasteiger partial charge in [-0.1, -0.05) is 15.9 Å². The SMILES string of the molecule is CC1(C)Oc2c(F)cc(Br)cc2NC1C=O. The zero-order valence-corrected chi connectivity index (χ0v) is 10.5. The van der Waals surface area contributed by atoms with Crippen LogP contribution in [0, 0.1) is 5.82 Å². The number of halogens is 2. The van der Waals surface area contributed by atoms with Crippen molar-refractivity contribution < 1.29 is 13.9 Å². The number of nitrogens with one attached hydrogen (secondary N) is 1. The molecule has 1 atom stereocenters. The zero-order valence-electron chi connectivity index (χ0n) is 8.88. The van der Waals surface area contributed by atoms with Crippen molar-refractivity contribution in [2.45, 2.75) is 25.5 Å². The number of rotatable bonds is 1. The van der Waals surface area contributed by atoms with Gasteiger partial charge in [0.15, 0.2) is 11.6 Å². The molecule has 0 saturated heterocycles. The molecule has 1 aliphatic heterocycles. The lowest BCUT2D eigenvalue weighted by molar-refractivity contribution is -0.112. The van der Waals surface area contributed by atoms with Gasteiger partial charge < -0.3 is 14.8 Å². The minimum atomic E-state index is -0.760. The average Bonchev–Trinajstić information content (AvgIpc) is 2.18. The molecule has 0 amide bonds. The fourth-order valence-corrected chi connectivity index (χ4v) is 2.07. The second-order valence-electron chi connectivity index (χ2n) is 4.23. The Labute approximate surface area is 101 Å². The van der Waals surface area contributed by atoms with E-state index in [4.69, 9.17) is 4.74 Å². The summed E-state index contributed by atoms with van der Waals surface area (Å²) >= 11 is 3.19. The lowest BCUT2D eigenvalue weighted by atomic mass is 9.97. The fraction of sp³-hybridized carbons (Fsp3) is 0.364. The predicted molar refractivity (Wildman–Crippen MR) is 62.3 cm³/mol. The summed E-state index contributed by atoms with van der Waals surface area (Å²) in [5.74, 6) is -0.291. The first-order chi connectivity index (χ1) is 7.44.